The van der Waals surface area contributed by atoms with Crippen LogP contribution in [0.2, 0.25) is 0 Å². The van der Waals surface area contributed by atoms with Gasteiger partial charge in [0.2, 0.25) is 5.91 Å². The number of amides is 1. The van der Waals surface area contributed by atoms with E-state index in [-0.39, 0.29) is 22.2 Å². The van der Waals surface area contributed by atoms with Crippen molar-refractivity contribution < 1.29 is 4.79 Å². The molecule has 0 radical (unpaired) electrons. The molecule has 0 aromatic heterocycles. The summed E-state index contributed by atoms with van der Waals surface area (Å²) in [5.74, 6) is 0.171. The maximum atomic E-state index is 12.3. The van der Waals surface area contributed by atoms with Gasteiger partial charge >= 0.3 is 0 Å². The highest BCUT2D eigenvalue weighted by atomic mass is 35.5. The molecule has 1 aliphatic rings. The second-order valence-corrected chi connectivity index (χ2v) is 6.57. The smallest absolute Gasteiger partial charge is 0.226 e. The van der Waals surface area contributed by atoms with Crippen molar-refractivity contribution in [3.05, 3.63) is 0 Å². The molecule has 3 heteroatoms. The first-order valence-corrected chi connectivity index (χ1v) is 6.68. The van der Waals surface area contributed by atoms with E-state index < -0.39 is 0 Å². The third kappa shape index (κ3) is 3.13. The summed E-state index contributed by atoms with van der Waals surface area (Å²) in [7, 11) is 0. The van der Waals surface area contributed by atoms with Crippen molar-refractivity contribution in [2.24, 2.45) is 5.41 Å². The molecule has 1 atom stereocenters. The van der Waals surface area contributed by atoms with Gasteiger partial charge in [0.1, 0.15) is 0 Å². The van der Waals surface area contributed by atoms with Gasteiger partial charge in [0.15, 0.2) is 0 Å². The molecule has 16 heavy (non-hydrogen) atoms. The summed E-state index contributed by atoms with van der Waals surface area (Å²) >= 11 is 6.08. The van der Waals surface area contributed by atoms with Crippen LogP contribution in [0.4, 0.5) is 0 Å². The molecule has 1 amide bonds. The number of hydrogen-bond donors (Lipinski definition) is 1. The number of alkyl halides is 1. The molecule has 94 valence electrons. The fourth-order valence-corrected chi connectivity index (χ4v) is 2.16. The Hall–Kier alpha value is -0.240. The second kappa shape index (κ2) is 4.95. The lowest BCUT2D eigenvalue weighted by Gasteiger charge is -2.37. The molecular formula is C13H24ClNO. The highest BCUT2D eigenvalue weighted by Gasteiger charge is 2.38. The van der Waals surface area contributed by atoms with Gasteiger partial charge in [-0.2, -0.15) is 0 Å². The predicted molar refractivity (Wildman–Crippen MR) is 68.7 cm³/mol. The topological polar surface area (TPSA) is 29.1 Å². The minimum atomic E-state index is -0.334. The normalized spacial score (nSPS) is 22.6. The number of rotatable bonds is 3. The molecule has 0 saturated heterocycles. The Morgan fingerprint density at radius 3 is 2.25 bits per heavy atom. The Morgan fingerprint density at radius 2 is 1.81 bits per heavy atom. The van der Waals surface area contributed by atoms with Crippen LogP contribution >= 0.6 is 11.6 Å². The standard InChI is InChI=1S/C13H24ClNO/c1-10(14)12(2,3)15-11(16)13(4)8-6-5-7-9-13/h10H,5-9H2,1-4H3,(H,15,16). The Bertz CT molecular complexity index is 255. The molecule has 1 fully saturated rings. The molecule has 1 aliphatic carbocycles. The summed E-state index contributed by atoms with van der Waals surface area (Å²) in [5, 5.41) is 3.03. The largest absolute Gasteiger partial charge is 0.349 e. The zero-order valence-corrected chi connectivity index (χ0v) is 11.7. The van der Waals surface area contributed by atoms with Crippen molar-refractivity contribution >= 4 is 17.5 Å². The third-order valence-electron chi connectivity index (χ3n) is 3.94. The highest BCUT2D eigenvalue weighted by Crippen LogP contribution is 2.36. The van der Waals surface area contributed by atoms with Gasteiger partial charge in [-0.15, -0.1) is 11.6 Å². The van der Waals surface area contributed by atoms with E-state index in [1.807, 2.05) is 20.8 Å². The first-order chi connectivity index (χ1) is 7.28. The number of nitrogens with one attached hydrogen (secondary N) is 1. The maximum Gasteiger partial charge on any atom is 0.226 e. The summed E-state index contributed by atoms with van der Waals surface area (Å²) < 4.78 is 0. The Labute approximate surface area is 104 Å². The SMILES string of the molecule is CC(Cl)C(C)(C)NC(=O)C1(C)CCCCC1. The predicted octanol–water partition coefficient (Wildman–Crippen LogP) is 3.48. The highest BCUT2D eigenvalue weighted by molar-refractivity contribution is 6.21. The quantitative estimate of drug-likeness (QED) is 0.758. The van der Waals surface area contributed by atoms with E-state index >= 15 is 0 Å². The number of carbonyl (C=O) groups excluding carboxylic acids is 1. The van der Waals surface area contributed by atoms with Gasteiger partial charge < -0.3 is 5.32 Å². The van der Waals surface area contributed by atoms with Crippen LogP contribution < -0.4 is 5.32 Å². The molecule has 0 bridgehead atoms. The average Bonchev–Trinajstić information content (AvgIpc) is 2.18. The summed E-state index contributed by atoms with van der Waals surface area (Å²) in [4.78, 5) is 12.3. The van der Waals surface area contributed by atoms with Crippen molar-refractivity contribution in [1.29, 1.82) is 0 Å². The van der Waals surface area contributed by atoms with Crippen molar-refractivity contribution in [3.8, 4) is 0 Å². The average molecular weight is 246 g/mol. The monoisotopic (exact) mass is 245 g/mol. The van der Waals surface area contributed by atoms with E-state index in [1.165, 1.54) is 19.3 Å². The van der Waals surface area contributed by atoms with Crippen molar-refractivity contribution in [2.75, 3.05) is 0 Å². The van der Waals surface area contributed by atoms with E-state index in [0.717, 1.165) is 12.8 Å². The molecule has 0 aliphatic heterocycles. The molecule has 1 saturated carbocycles. The minimum Gasteiger partial charge on any atom is -0.349 e. The van der Waals surface area contributed by atoms with Crippen molar-refractivity contribution in [2.45, 2.75) is 70.7 Å². The number of carbonyl (C=O) groups is 1. The number of hydrogen-bond acceptors (Lipinski definition) is 1. The van der Waals surface area contributed by atoms with Crippen LogP contribution in [-0.4, -0.2) is 16.8 Å². The lowest BCUT2D eigenvalue weighted by Crippen LogP contribution is -2.54. The van der Waals surface area contributed by atoms with Gasteiger partial charge in [-0.1, -0.05) is 26.2 Å². The third-order valence-corrected chi connectivity index (χ3v) is 4.48. The molecule has 0 aromatic rings. The van der Waals surface area contributed by atoms with Crippen LogP contribution in [-0.2, 0) is 4.79 Å². The second-order valence-electron chi connectivity index (χ2n) is 5.91. The van der Waals surface area contributed by atoms with Gasteiger partial charge in [-0.25, -0.2) is 0 Å². The number of halogens is 1. The molecule has 0 spiro atoms. The summed E-state index contributed by atoms with van der Waals surface area (Å²) in [5.41, 5.74) is -0.513. The minimum absolute atomic E-state index is 0.0661. The van der Waals surface area contributed by atoms with E-state index in [1.54, 1.807) is 0 Å². The first-order valence-electron chi connectivity index (χ1n) is 6.25. The maximum absolute atomic E-state index is 12.3. The molecular weight excluding hydrogens is 222 g/mol. The van der Waals surface area contributed by atoms with Gasteiger partial charge in [0, 0.05) is 5.41 Å². The fourth-order valence-electron chi connectivity index (χ4n) is 2.10. The summed E-state index contributed by atoms with van der Waals surface area (Å²) in [6, 6.07) is 0. The van der Waals surface area contributed by atoms with Crippen LogP contribution in [0.5, 0.6) is 0 Å². The van der Waals surface area contributed by atoms with Crippen molar-refractivity contribution in [1.82, 2.24) is 5.32 Å². The van der Waals surface area contributed by atoms with Gasteiger partial charge in [-0.3, -0.25) is 4.79 Å². The Balaban J connectivity index is 2.64. The Kier molecular flexibility index (Phi) is 4.28. The van der Waals surface area contributed by atoms with Crippen LogP contribution in [0.1, 0.15) is 59.8 Å². The molecule has 2 nitrogen and oxygen atoms in total. The van der Waals surface area contributed by atoms with Crippen LogP contribution in [0.3, 0.4) is 0 Å². The van der Waals surface area contributed by atoms with Gasteiger partial charge in [0.25, 0.3) is 0 Å². The van der Waals surface area contributed by atoms with E-state index in [0.29, 0.717) is 0 Å². The summed E-state index contributed by atoms with van der Waals surface area (Å²) in [6.45, 7) is 7.96. The van der Waals surface area contributed by atoms with Crippen molar-refractivity contribution in [3.63, 3.8) is 0 Å². The summed E-state index contributed by atoms with van der Waals surface area (Å²) in [6.07, 6.45) is 5.61. The lowest BCUT2D eigenvalue weighted by molar-refractivity contribution is -0.133. The van der Waals surface area contributed by atoms with E-state index in [4.69, 9.17) is 11.6 Å². The van der Waals surface area contributed by atoms with Gasteiger partial charge in [0.05, 0.1) is 10.9 Å². The molecule has 1 N–H and O–H groups in total. The molecule has 1 unspecified atom stereocenters. The Morgan fingerprint density at radius 1 is 1.31 bits per heavy atom. The molecule has 0 aromatic carbocycles. The van der Waals surface area contributed by atoms with E-state index in [2.05, 4.69) is 12.2 Å². The van der Waals surface area contributed by atoms with Crippen LogP contribution in [0.25, 0.3) is 0 Å². The van der Waals surface area contributed by atoms with Crippen LogP contribution in [0.15, 0.2) is 0 Å². The van der Waals surface area contributed by atoms with E-state index in [9.17, 15) is 4.79 Å². The lowest BCUT2D eigenvalue weighted by atomic mass is 9.74. The first kappa shape index (κ1) is 13.8. The molecule has 1 rings (SSSR count). The van der Waals surface area contributed by atoms with Gasteiger partial charge in [-0.05, 0) is 33.6 Å². The van der Waals surface area contributed by atoms with Crippen LogP contribution in [0, 0.1) is 5.41 Å². The zero-order valence-electron chi connectivity index (χ0n) is 10.9. The zero-order chi connectivity index (χ0) is 12.4. The molecule has 0 heterocycles. The fraction of sp³-hybridized carbons (Fsp3) is 0.923.